The second kappa shape index (κ2) is 15.9. The van der Waals surface area contributed by atoms with Crippen molar-refractivity contribution >= 4 is 31.3 Å². The molecule has 2 aromatic carbocycles. The van der Waals surface area contributed by atoms with Crippen molar-refractivity contribution in [3.8, 4) is 5.75 Å². The number of aromatic carboxylic acids is 1. The average molecular weight is 617 g/mol. The number of hydrogen-bond donors (Lipinski definition) is 1. The van der Waals surface area contributed by atoms with Gasteiger partial charge in [-0.3, -0.25) is 4.79 Å². The lowest BCUT2D eigenvalue weighted by atomic mass is 10.1. The monoisotopic (exact) mass is 616 g/mol. The normalized spacial score (nSPS) is 12.2. The predicted molar refractivity (Wildman–Crippen MR) is 164 cm³/mol. The summed E-state index contributed by atoms with van der Waals surface area (Å²) >= 11 is 1.22. The molecule has 0 aliphatic heterocycles. The molecule has 0 saturated heterocycles. The summed E-state index contributed by atoms with van der Waals surface area (Å²) in [5, 5.41) is 9.97. The zero-order valence-electron chi connectivity index (χ0n) is 25.0. The van der Waals surface area contributed by atoms with Crippen LogP contribution >= 0.6 is 11.3 Å². The number of nitrogens with zero attached hydrogens (tertiary/aromatic N) is 2. The Bertz CT molecular complexity index is 1310. The summed E-state index contributed by atoms with van der Waals surface area (Å²) in [5.74, 6) is -1.84. The van der Waals surface area contributed by atoms with Gasteiger partial charge in [0.2, 0.25) is 0 Å². The Hall–Kier alpha value is -3.12. The molecule has 3 aromatic rings. The number of amides is 1. The topological polar surface area (TPSA) is 98.2 Å². The first kappa shape index (κ1) is 33.4. The minimum atomic E-state index is -1.34. The molecule has 0 aliphatic rings. The Labute approximate surface area is 252 Å². The van der Waals surface area contributed by atoms with Gasteiger partial charge in [-0.2, -0.15) is 0 Å². The van der Waals surface area contributed by atoms with E-state index in [1.807, 2.05) is 37.3 Å². The number of carboxylic acid groups (broad SMARTS) is 1. The van der Waals surface area contributed by atoms with Crippen molar-refractivity contribution in [3.63, 3.8) is 0 Å². The zero-order chi connectivity index (χ0) is 30.7. The highest BCUT2D eigenvalue weighted by Gasteiger charge is 2.31. The van der Waals surface area contributed by atoms with E-state index in [-0.39, 0.29) is 24.6 Å². The van der Waals surface area contributed by atoms with E-state index in [1.165, 1.54) is 23.5 Å². The van der Waals surface area contributed by atoms with Gasteiger partial charge in [-0.05, 0) is 50.4 Å². The lowest BCUT2D eigenvalue weighted by Gasteiger charge is -2.27. The standard InChI is InChI=1S/C31H41FN2O6SSi/c1-6-39-24-14-15-25(26(32)19-24)29(40-21-38-17-18-42(3,4)5)30(35)34(16-10-13-23-11-8-7-9-12-23)20-27-33-28(31(36)37)22(2)41-27/h7-9,11-12,14-15,19,29H,6,10,13,16-18,20-21H2,1-5H3,(H,36,37)/t29-/m0/s1. The average Bonchev–Trinajstić information content (AvgIpc) is 3.31. The number of aryl methyl sites for hydroxylation is 2. The number of thiazole rings is 1. The first-order valence-electron chi connectivity index (χ1n) is 14.1. The maximum absolute atomic E-state index is 15.4. The molecule has 1 atom stereocenters. The summed E-state index contributed by atoms with van der Waals surface area (Å²) in [4.78, 5) is 32.1. The number of rotatable bonds is 17. The van der Waals surface area contributed by atoms with E-state index in [0.717, 1.165) is 18.0 Å². The summed E-state index contributed by atoms with van der Waals surface area (Å²) in [5.41, 5.74) is 1.17. The number of carboxylic acids is 1. The van der Waals surface area contributed by atoms with Gasteiger partial charge in [0.25, 0.3) is 5.91 Å². The van der Waals surface area contributed by atoms with E-state index in [9.17, 15) is 14.7 Å². The molecule has 1 heterocycles. The third-order valence-corrected chi connectivity index (χ3v) is 9.18. The summed E-state index contributed by atoms with van der Waals surface area (Å²) in [6.07, 6.45) is 0.0890. The van der Waals surface area contributed by atoms with Gasteiger partial charge >= 0.3 is 5.97 Å². The Morgan fingerprint density at radius 2 is 1.88 bits per heavy atom. The summed E-state index contributed by atoms with van der Waals surface area (Å²) in [6.45, 7) is 11.3. The fourth-order valence-electron chi connectivity index (χ4n) is 4.26. The van der Waals surface area contributed by atoms with Gasteiger partial charge in [-0.25, -0.2) is 14.2 Å². The van der Waals surface area contributed by atoms with Gasteiger partial charge in [-0.1, -0.05) is 50.0 Å². The van der Waals surface area contributed by atoms with Gasteiger partial charge in [-0.15, -0.1) is 11.3 Å². The van der Waals surface area contributed by atoms with Crippen molar-refractivity contribution in [1.82, 2.24) is 9.88 Å². The number of halogens is 1. The molecule has 0 saturated carbocycles. The molecular formula is C31H41FN2O6SSi. The second-order valence-corrected chi connectivity index (χ2v) is 18.1. The molecule has 1 aromatic heterocycles. The Morgan fingerprint density at radius 3 is 2.50 bits per heavy atom. The molecule has 0 radical (unpaired) electrons. The molecule has 0 unspecified atom stereocenters. The molecule has 3 rings (SSSR count). The molecule has 228 valence electrons. The molecule has 1 N–H and O–H groups in total. The lowest BCUT2D eigenvalue weighted by molar-refractivity contribution is -0.156. The van der Waals surface area contributed by atoms with E-state index in [2.05, 4.69) is 24.6 Å². The fraction of sp³-hybridized carbons (Fsp3) is 0.452. The molecule has 1 amide bonds. The second-order valence-electron chi connectivity index (χ2n) is 11.2. The van der Waals surface area contributed by atoms with Crippen molar-refractivity contribution in [3.05, 3.63) is 81.1 Å². The van der Waals surface area contributed by atoms with Gasteiger partial charge < -0.3 is 24.2 Å². The van der Waals surface area contributed by atoms with Crippen LogP contribution in [0.2, 0.25) is 25.7 Å². The van der Waals surface area contributed by atoms with Crippen LogP contribution in [-0.4, -0.2) is 61.5 Å². The zero-order valence-corrected chi connectivity index (χ0v) is 26.8. The Kier molecular flexibility index (Phi) is 12.7. The maximum atomic E-state index is 15.4. The minimum absolute atomic E-state index is 0.0344. The first-order chi connectivity index (χ1) is 20.0. The molecule has 8 nitrogen and oxygen atoms in total. The number of aromatic nitrogens is 1. The van der Waals surface area contributed by atoms with Crippen molar-refractivity contribution in [2.24, 2.45) is 0 Å². The number of ether oxygens (including phenoxy) is 3. The van der Waals surface area contributed by atoms with Crippen LogP contribution in [0.4, 0.5) is 4.39 Å². The van der Waals surface area contributed by atoms with E-state index in [1.54, 1.807) is 17.9 Å². The van der Waals surface area contributed by atoms with Gasteiger partial charge in [0.15, 0.2) is 11.8 Å². The molecule has 42 heavy (non-hydrogen) atoms. The fourth-order valence-corrected chi connectivity index (χ4v) is 5.95. The van der Waals surface area contributed by atoms with Crippen molar-refractivity contribution in [2.75, 3.05) is 26.6 Å². The SMILES string of the molecule is CCOc1ccc([C@H](OCOCC[Si](C)(C)C)C(=O)N(CCCc2ccccc2)Cc2nc(C(=O)O)c(C)s2)c(F)c1. The minimum Gasteiger partial charge on any atom is -0.494 e. The first-order valence-corrected chi connectivity index (χ1v) is 18.6. The van der Waals surface area contributed by atoms with E-state index < -0.39 is 31.9 Å². The van der Waals surface area contributed by atoms with E-state index >= 15 is 4.39 Å². The van der Waals surface area contributed by atoms with E-state index in [4.69, 9.17) is 14.2 Å². The van der Waals surface area contributed by atoms with Crippen LogP contribution in [0.3, 0.4) is 0 Å². The highest BCUT2D eigenvalue weighted by Crippen LogP contribution is 2.28. The highest BCUT2D eigenvalue weighted by molar-refractivity contribution is 7.11. The van der Waals surface area contributed by atoms with Crippen LogP contribution < -0.4 is 4.74 Å². The summed E-state index contributed by atoms with van der Waals surface area (Å²) in [6, 6.07) is 15.2. The Morgan fingerprint density at radius 1 is 1.14 bits per heavy atom. The summed E-state index contributed by atoms with van der Waals surface area (Å²) < 4.78 is 32.5. The van der Waals surface area contributed by atoms with Crippen LogP contribution in [0, 0.1) is 12.7 Å². The third kappa shape index (κ3) is 10.3. The van der Waals surface area contributed by atoms with Gasteiger partial charge in [0.05, 0.1) is 13.2 Å². The van der Waals surface area contributed by atoms with Crippen molar-refractivity contribution < 1.29 is 33.3 Å². The molecule has 11 heteroatoms. The van der Waals surface area contributed by atoms with Crippen LogP contribution in [0.15, 0.2) is 48.5 Å². The van der Waals surface area contributed by atoms with Crippen molar-refractivity contribution in [1.29, 1.82) is 0 Å². The molecule has 0 fully saturated rings. The van der Waals surface area contributed by atoms with Crippen LogP contribution in [0.5, 0.6) is 5.75 Å². The third-order valence-electron chi connectivity index (χ3n) is 6.52. The summed E-state index contributed by atoms with van der Waals surface area (Å²) in [7, 11) is -1.34. The van der Waals surface area contributed by atoms with Gasteiger partial charge in [0, 0.05) is 37.7 Å². The van der Waals surface area contributed by atoms with Crippen LogP contribution in [0.25, 0.3) is 0 Å². The molecular weight excluding hydrogens is 576 g/mol. The quantitative estimate of drug-likeness (QED) is 0.102. The smallest absolute Gasteiger partial charge is 0.355 e. The molecule has 0 bridgehead atoms. The highest BCUT2D eigenvalue weighted by atomic mass is 32.1. The van der Waals surface area contributed by atoms with E-state index in [0.29, 0.717) is 41.8 Å². The lowest BCUT2D eigenvalue weighted by Crippen LogP contribution is -2.37. The number of carbonyl (C=O) groups excluding carboxylic acids is 1. The van der Waals surface area contributed by atoms with Gasteiger partial charge in [0.1, 0.15) is 23.4 Å². The largest absolute Gasteiger partial charge is 0.494 e. The van der Waals surface area contributed by atoms with Crippen LogP contribution in [-0.2, 0) is 27.2 Å². The predicted octanol–water partition coefficient (Wildman–Crippen LogP) is 6.72. The maximum Gasteiger partial charge on any atom is 0.355 e. The number of hydrogen-bond acceptors (Lipinski definition) is 7. The molecule has 0 spiro atoms. The number of carbonyl (C=O) groups is 2. The molecule has 0 aliphatic carbocycles. The van der Waals surface area contributed by atoms with Crippen LogP contribution in [0.1, 0.15) is 50.9 Å². The Balaban J connectivity index is 1.87. The number of benzene rings is 2. The van der Waals surface area contributed by atoms with Crippen molar-refractivity contribution in [2.45, 2.75) is 65.0 Å².